The van der Waals surface area contributed by atoms with Crippen LogP contribution in [-0.2, 0) is 0 Å². The normalized spacial score (nSPS) is 14.7. The average Bonchev–Trinajstić information content (AvgIpc) is 3.22. The van der Waals surface area contributed by atoms with E-state index in [1.165, 1.54) is 22.5 Å². The molecule has 0 radical (unpaired) electrons. The number of thiazole rings is 1. The molecule has 1 aliphatic heterocycles. The molecule has 1 amide bonds. The predicted octanol–water partition coefficient (Wildman–Crippen LogP) is 2.94. The Balaban J connectivity index is 1.54. The molecule has 0 atom stereocenters. The fourth-order valence-corrected chi connectivity index (χ4v) is 3.47. The van der Waals surface area contributed by atoms with Crippen molar-refractivity contribution in [2.45, 2.75) is 0 Å². The van der Waals surface area contributed by atoms with Gasteiger partial charge < -0.3 is 4.90 Å². The van der Waals surface area contributed by atoms with Gasteiger partial charge in [-0.15, -0.1) is 0 Å². The van der Waals surface area contributed by atoms with Gasteiger partial charge in [-0.25, -0.2) is 4.98 Å². The second-order valence-electron chi connectivity index (χ2n) is 4.99. The Hall–Kier alpha value is -2.40. The van der Waals surface area contributed by atoms with Crippen LogP contribution in [0.25, 0.3) is 10.5 Å². The lowest BCUT2D eigenvalue weighted by Crippen LogP contribution is -2.28. The van der Waals surface area contributed by atoms with E-state index in [-0.39, 0.29) is 5.91 Å². The van der Waals surface area contributed by atoms with Gasteiger partial charge >= 0.3 is 0 Å². The first-order valence-corrected chi connectivity index (χ1v) is 7.59. The van der Waals surface area contributed by atoms with Crippen LogP contribution in [0, 0.1) is 0 Å². The minimum absolute atomic E-state index is 0.0766. The summed E-state index contributed by atoms with van der Waals surface area (Å²) < 4.78 is 1.89. The van der Waals surface area contributed by atoms with Crippen LogP contribution in [0.4, 0.5) is 0 Å². The van der Waals surface area contributed by atoms with Crippen LogP contribution in [-0.4, -0.2) is 33.3 Å². The predicted molar refractivity (Wildman–Crippen MR) is 83.4 cm³/mol. The van der Waals surface area contributed by atoms with Crippen LogP contribution in [0.2, 0.25) is 0 Å². The maximum Gasteiger partial charge on any atom is 0.266 e. The Morgan fingerprint density at radius 1 is 1.24 bits per heavy atom. The third-order valence-corrected chi connectivity index (χ3v) is 4.65. The number of amides is 1. The molecule has 0 fully saturated rings. The van der Waals surface area contributed by atoms with Crippen LogP contribution in [0.1, 0.15) is 15.2 Å². The zero-order valence-electron chi connectivity index (χ0n) is 11.3. The Kier molecular flexibility index (Phi) is 2.86. The second kappa shape index (κ2) is 4.86. The van der Waals surface area contributed by atoms with Crippen LogP contribution in [0.5, 0.6) is 0 Å². The number of fused-ring (bicyclic) bond motifs is 1. The molecule has 0 aliphatic carbocycles. The topological polar surface area (TPSA) is 37.6 Å². The van der Waals surface area contributed by atoms with Gasteiger partial charge in [-0.1, -0.05) is 47.7 Å². The molecule has 21 heavy (non-hydrogen) atoms. The van der Waals surface area contributed by atoms with E-state index in [1.54, 1.807) is 6.20 Å². The zero-order chi connectivity index (χ0) is 14.2. The summed E-state index contributed by atoms with van der Waals surface area (Å²) in [5, 5.41) is 0. The molecule has 3 aromatic rings. The summed E-state index contributed by atoms with van der Waals surface area (Å²) in [6.45, 7) is 1.34. The van der Waals surface area contributed by atoms with Crippen LogP contribution in [0.15, 0.2) is 55.0 Å². The fraction of sp³-hybridized carbons (Fsp3) is 0.125. The monoisotopic (exact) mass is 295 g/mol. The Morgan fingerprint density at radius 2 is 2.10 bits per heavy atom. The Bertz CT molecular complexity index is 803. The van der Waals surface area contributed by atoms with Crippen molar-refractivity contribution in [2.75, 3.05) is 13.1 Å². The van der Waals surface area contributed by atoms with E-state index in [4.69, 9.17) is 0 Å². The molecule has 0 spiro atoms. The minimum atomic E-state index is 0.0766. The molecular weight excluding hydrogens is 282 g/mol. The zero-order valence-corrected chi connectivity index (χ0v) is 12.1. The SMILES string of the molecule is O=C(c1cn2ccnc2s1)N1CC=C(c2ccccc2)C1. The minimum Gasteiger partial charge on any atom is -0.330 e. The lowest BCUT2D eigenvalue weighted by atomic mass is 10.1. The fourth-order valence-electron chi connectivity index (χ4n) is 2.55. The molecule has 0 bridgehead atoms. The van der Waals surface area contributed by atoms with Crippen molar-refractivity contribution in [1.29, 1.82) is 0 Å². The summed E-state index contributed by atoms with van der Waals surface area (Å²) in [7, 11) is 0. The molecule has 0 saturated carbocycles. The van der Waals surface area contributed by atoms with Gasteiger partial charge in [-0.3, -0.25) is 9.20 Å². The van der Waals surface area contributed by atoms with Gasteiger partial charge in [0.25, 0.3) is 5.91 Å². The first kappa shape index (κ1) is 12.3. The van der Waals surface area contributed by atoms with Gasteiger partial charge in [0.1, 0.15) is 4.88 Å². The van der Waals surface area contributed by atoms with Crippen molar-refractivity contribution < 1.29 is 4.79 Å². The Labute approximate surface area is 126 Å². The molecule has 1 aromatic carbocycles. The number of imidazole rings is 1. The van der Waals surface area contributed by atoms with Gasteiger partial charge in [-0.05, 0) is 11.1 Å². The van der Waals surface area contributed by atoms with E-state index < -0.39 is 0 Å². The van der Waals surface area contributed by atoms with E-state index in [2.05, 4.69) is 23.2 Å². The summed E-state index contributed by atoms with van der Waals surface area (Å²) in [5.41, 5.74) is 2.40. The molecule has 0 N–H and O–H groups in total. The van der Waals surface area contributed by atoms with Crippen molar-refractivity contribution in [3.05, 3.63) is 65.4 Å². The molecule has 5 heteroatoms. The van der Waals surface area contributed by atoms with Gasteiger partial charge in [0.05, 0.1) is 0 Å². The van der Waals surface area contributed by atoms with Crippen LogP contribution >= 0.6 is 11.3 Å². The number of nitrogens with zero attached hydrogens (tertiary/aromatic N) is 3. The highest BCUT2D eigenvalue weighted by Gasteiger charge is 2.23. The lowest BCUT2D eigenvalue weighted by Gasteiger charge is -2.15. The smallest absolute Gasteiger partial charge is 0.266 e. The molecule has 4 rings (SSSR count). The molecule has 104 valence electrons. The number of hydrogen-bond donors (Lipinski definition) is 0. The van der Waals surface area contributed by atoms with Crippen molar-refractivity contribution in [2.24, 2.45) is 0 Å². The lowest BCUT2D eigenvalue weighted by molar-refractivity contribution is 0.0806. The summed E-state index contributed by atoms with van der Waals surface area (Å²) in [4.78, 5) is 20.2. The van der Waals surface area contributed by atoms with Gasteiger partial charge in [0.2, 0.25) is 0 Å². The summed E-state index contributed by atoms with van der Waals surface area (Å²) in [6.07, 6.45) is 7.59. The van der Waals surface area contributed by atoms with E-state index in [0.29, 0.717) is 13.1 Å². The van der Waals surface area contributed by atoms with Crippen molar-refractivity contribution in [3.8, 4) is 0 Å². The highest BCUT2D eigenvalue weighted by molar-refractivity contribution is 7.18. The Morgan fingerprint density at radius 3 is 2.90 bits per heavy atom. The molecule has 3 heterocycles. The molecule has 4 nitrogen and oxygen atoms in total. The van der Waals surface area contributed by atoms with E-state index in [9.17, 15) is 4.79 Å². The second-order valence-corrected chi connectivity index (χ2v) is 6.00. The number of carbonyl (C=O) groups is 1. The maximum absolute atomic E-state index is 12.6. The molecular formula is C16H13N3OS. The van der Waals surface area contributed by atoms with Crippen molar-refractivity contribution in [1.82, 2.24) is 14.3 Å². The molecule has 2 aromatic heterocycles. The van der Waals surface area contributed by atoms with E-state index in [1.807, 2.05) is 39.9 Å². The molecule has 0 unspecified atom stereocenters. The highest BCUT2D eigenvalue weighted by atomic mass is 32.1. The number of carbonyl (C=O) groups excluding carboxylic acids is 1. The number of hydrogen-bond acceptors (Lipinski definition) is 3. The van der Waals surface area contributed by atoms with Crippen molar-refractivity contribution in [3.63, 3.8) is 0 Å². The van der Waals surface area contributed by atoms with Gasteiger partial charge in [0, 0.05) is 31.7 Å². The summed E-state index contributed by atoms with van der Waals surface area (Å²) >= 11 is 1.43. The number of aromatic nitrogens is 2. The largest absolute Gasteiger partial charge is 0.330 e. The van der Waals surface area contributed by atoms with Crippen molar-refractivity contribution >= 4 is 27.8 Å². The summed E-state index contributed by atoms with van der Waals surface area (Å²) in [5.74, 6) is 0.0766. The van der Waals surface area contributed by atoms with E-state index in [0.717, 1.165) is 9.84 Å². The first-order valence-electron chi connectivity index (χ1n) is 6.77. The number of rotatable bonds is 2. The third-order valence-electron chi connectivity index (χ3n) is 3.65. The van der Waals surface area contributed by atoms with Gasteiger partial charge in [0.15, 0.2) is 4.96 Å². The van der Waals surface area contributed by atoms with Gasteiger partial charge in [-0.2, -0.15) is 0 Å². The van der Waals surface area contributed by atoms with Crippen LogP contribution < -0.4 is 0 Å². The molecule has 1 aliphatic rings. The van der Waals surface area contributed by atoms with E-state index >= 15 is 0 Å². The quantitative estimate of drug-likeness (QED) is 0.729. The maximum atomic E-state index is 12.6. The summed E-state index contributed by atoms with van der Waals surface area (Å²) in [6, 6.07) is 10.2. The highest BCUT2D eigenvalue weighted by Crippen LogP contribution is 2.24. The number of benzene rings is 1. The van der Waals surface area contributed by atoms with Crippen LogP contribution in [0.3, 0.4) is 0 Å². The third kappa shape index (κ3) is 2.15. The average molecular weight is 295 g/mol. The first-order chi connectivity index (χ1) is 10.3. The standard InChI is InChI=1S/C16H13N3OS/c20-15(14-11-19-9-7-17-16(19)21-14)18-8-6-13(10-18)12-4-2-1-3-5-12/h1-7,9,11H,8,10H2. The molecule has 0 saturated heterocycles.